The Morgan fingerprint density at radius 2 is 1.72 bits per heavy atom. The third kappa shape index (κ3) is 5.36. The van der Waals surface area contributed by atoms with Gasteiger partial charge in [0.25, 0.3) is 0 Å². The van der Waals surface area contributed by atoms with E-state index in [1.807, 2.05) is 20.8 Å². The van der Waals surface area contributed by atoms with Gasteiger partial charge in [0.2, 0.25) is 0 Å². The molecule has 0 N–H and O–H groups in total. The van der Waals surface area contributed by atoms with Crippen LogP contribution in [0.1, 0.15) is 67.9 Å². The van der Waals surface area contributed by atoms with Crippen LogP contribution in [0.15, 0.2) is 18.2 Å². The normalized spacial score (nSPS) is 19.3. The number of likely N-dealkylation sites (tertiary alicyclic amines) is 2. The van der Waals surface area contributed by atoms with E-state index in [-0.39, 0.29) is 11.6 Å². The van der Waals surface area contributed by atoms with Gasteiger partial charge in [-0.2, -0.15) is 13.2 Å². The molecule has 9 heteroatoms. The lowest BCUT2D eigenvalue weighted by Gasteiger charge is -2.45. The quantitative estimate of drug-likeness (QED) is 0.608. The van der Waals surface area contributed by atoms with Crippen molar-refractivity contribution < 1.29 is 32.2 Å². The summed E-state index contributed by atoms with van der Waals surface area (Å²) in [5.74, 6) is -0.999. The van der Waals surface area contributed by atoms with E-state index < -0.39 is 28.9 Å². The zero-order valence-corrected chi connectivity index (χ0v) is 19.1. The Labute approximate surface area is 186 Å². The van der Waals surface area contributed by atoms with Crippen LogP contribution in [0, 0.1) is 0 Å². The number of esters is 1. The van der Waals surface area contributed by atoms with Gasteiger partial charge in [0.15, 0.2) is 0 Å². The minimum Gasteiger partial charge on any atom is -0.465 e. The van der Waals surface area contributed by atoms with Crippen LogP contribution in [-0.2, 0) is 22.2 Å². The Morgan fingerprint density at radius 3 is 2.28 bits per heavy atom. The summed E-state index contributed by atoms with van der Waals surface area (Å²) >= 11 is 0. The molecule has 1 aromatic rings. The highest BCUT2D eigenvalue weighted by atomic mass is 19.4. The number of piperidine rings is 1. The molecule has 6 nitrogen and oxygen atoms in total. The van der Waals surface area contributed by atoms with Crippen molar-refractivity contribution >= 4 is 12.1 Å². The third-order valence-corrected chi connectivity index (χ3v) is 6.25. The van der Waals surface area contributed by atoms with Crippen LogP contribution in [0.25, 0.3) is 0 Å². The highest BCUT2D eigenvalue weighted by Crippen LogP contribution is 2.40. The Bertz CT molecular complexity index is 856. The van der Waals surface area contributed by atoms with Crippen molar-refractivity contribution in [2.75, 3.05) is 26.7 Å². The summed E-state index contributed by atoms with van der Waals surface area (Å²) in [4.78, 5) is 28.4. The van der Waals surface area contributed by atoms with E-state index in [4.69, 9.17) is 4.74 Å². The van der Waals surface area contributed by atoms with Crippen LogP contribution in [0.5, 0.6) is 0 Å². The molecule has 0 bridgehead atoms. The molecule has 2 fully saturated rings. The monoisotopic (exact) mass is 456 g/mol. The zero-order valence-electron chi connectivity index (χ0n) is 19.1. The van der Waals surface area contributed by atoms with Crippen molar-refractivity contribution in [3.63, 3.8) is 0 Å². The number of alkyl halides is 3. The molecule has 1 spiro atoms. The topological polar surface area (TPSA) is 59.1 Å². The first kappa shape index (κ1) is 24.4. The van der Waals surface area contributed by atoms with E-state index in [9.17, 15) is 22.8 Å². The largest absolute Gasteiger partial charge is 0.465 e. The van der Waals surface area contributed by atoms with Gasteiger partial charge in [-0.25, -0.2) is 9.59 Å². The van der Waals surface area contributed by atoms with Crippen molar-refractivity contribution in [2.45, 2.75) is 70.3 Å². The molecule has 178 valence electrons. The lowest BCUT2D eigenvalue weighted by Crippen LogP contribution is -2.53. The molecule has 2 aliphatic rings. The summed E-state index contributed by atoms with van der Waals surface area (Å²) in [6, 6.07) is 3.67. The van der Waals surface area contributed by atoms with E-state index in [0.717, 1.165) is 45.4 Å². The first-order chi connectivity index (χ1) is 14.8. The Morgan fingerprint density at radius 1 is 1.06 bits per heavy atom. The van der Waals surface area contributed by atoms with Crippen molar-refractivity contribution in [1.29, 1.82) is 0 Å². The van der Waals surface area contributed by atoms with Gasteiger partial charge < -0.3 is 14.4 Å². The number of amides is 1. The van der Waals surface area contributed by atoms with Gasteiger partial charge >= 0.3 is 18.2 Å². The summed E-state index contributed by atoms with van der Waals surface area (Å²) in [5, 5.41) is 0. The molecular weight excluding hydrogens is 425 g/mol. The minimum absolute atomic E-state index is 0.105. The Kier molecular flexibility index (Phi) is 6.79. The maximum atomic E-state index is 13.3. The fourth-order valence-corrected chi connectivity index (χ4v) is 4.68. The molecule has 0 saturated carbocycles. The molecular formula is C23H31F3N2O4. The number of hydrogen-bond acceptors (Lipinski definition) is 5. The maximum Gasteiger partial charge on any atom is 0.417 e. The number of nitrogens with zero attached hydrogens (tertiary/aromatic N) is 2. The number of ether oxygens (including phenoxy) is 2. The maximum absolute atomic E-state index is 13.3. The highest BCUT2D eigenvalue weighted by molar-refractivity contribution is 5.91. The van der Waals surface area contributed by atoms with E-state index >= 15 is 0 Å². The zero-order chi connectivity index (χ0) is 23.7. The van der Waals surface area contributed by atoms with Gasteiger partial charge in [0.05, 0.1) is 18.2 Å². The van der Waals surface area contributed by atoms with Crippen LogP contribution in [-0.4, -0.2) is 59.7 Å². The van der Waals surface area contributed by atoms with E-state index in [1.165, 1.54) is 12.1 Å². The lowest BCUT2D eigenvalue weighted by molar-refractivity contribution is -0.138. The third-order valence-electron chi connectivity index (χ3n) is 6.25. The van der Waals surface area contributed by atoms with Crippen molar-refractivity contribution in [3.8, 4) is 0 Å². The Hall–Kier alpha value is -2.29. The summed E-state index contributed by atoms with van der Waals surface area (Å²) in [7, 11) is 1.07. The molecule has 2 aliphatic heterocycles. The first-order valence-corrected chi connectivity index (χ1v) is 10.9. The molecule has 1 aromatic carbocycles. The predicted molar refractivity (Wildman–Crippen MR) is 112 cm³/mol. The van der Waals surface area contributed by atoms with Crippen LogP contribution in [0.2, 0.25) is 0 Å². The number of methoxy groups -OCH3 is 1. The standard InChI is InChI=1S/C23H31F3N2O4/c1-21(2,3)32-20(30)27-12-9-22(10-13-27)8-5-11-28(22)15-16-6-7-18(23(24,25)26)17(14-16)19(29)31-4/h6-7,14H,5,8-13,15H2,1-4H3. The SMILES string of the molecule is COC(=O)c1cc(CN2CCCC23CCN(C(=O)OC(C)(C)C)CC3)ccc1C(F)(F)F. The van der Waals surface area contributed by atoms with E-state index in [1.54, 1.807) is 4.90 Å². The van der Waals surface area contributed by atoms with Gasteiger partial charge in [-0.15, -0.1) is 0 Å². The second kappa shape index (κ2) is 8.92. The molecule has 0 aromatic heterocycles. The molecule has 0 atom stereocenters. The average Bonchev–Trinajstić information content (AvgIpc) is 3.07. The second-order valence-corrected chi connectivity index (χ2v) is 9.59. The first-order valence-electron chi connectivity index (χ1n) is 10.9. The fraction of sp³-hybridized carbons (Fsp3) is 0.652. The van der Waals surface area contributed by atoms with Crippen LogP contribution < -0.4 is 0 Å². The van der Waals surface area contributed by atoms with Gasteiger partial charge in [0, 0.05) is 25.2 Å². The molecule has 1 amide bonds. The molecule has 2 saturated heterocycles. The number of halogens is 3. The fourth-order valence-electron chi connectivity index (χ4n) is 4.68. The molecule has 2 heterocycles. The number of benzene rings is 1. The summed E-state index contributed by atoms with van der Waals surface area (Å²) in [5.41, 5.74) is -1.48. The second-order valence-electron chi connectivity index (χ2n) is 9.59. The molecule has 0 radical (unpaired) electrons. The molecule has 0 unspecified atom stereocenters. The number of carbonyl (C=O) groups excluding carboxylic acids is 2. The van der Waals surface area contributed by atoms with Crippen LogP contribution in [0.4, 0.5) is 18.0 Å². The number of rotatable bonds is 3. The van der Waals surface area contributed by atoms with Gasteiger partial charge in [-0.05, 0) is 70.7 Å². The highest BCUT2D eigenvalue weighted by Gasteiger charge is 2.44. The van der Waals surface area contributed by atoms with E-state index in [0.29, 0.717) is 25.2 Å². The summed E-state index contributed by atoms with van der Waals surface area (Å²) < 4.78 is 50.0. The van der Waals surface area contributed by atoms with Gasteiger partial charge in [0.1, 0.15) is 5.60 Å². The molecule has 32 heavy (non-hydrogen) atoms. The summed E-state index contributed by atoms with van der Waals surface area (Å²) in [6.45, 7) is 7.91. The molecule has 0 aliphatic carbocycles. The Balaban J connectivity index is 1.73. The van der Waals surface area contributed by atoms with Gasteiger partial charge in [-0.1, -0.05) is 6.07 Å². The van der Waals surface area contributed by atoms with Crippen molar-refractivity contribution in [3.05, 3.63) is 34.9 Å². The predicted octanol–water partition coefficient (Wildman–Crippen LogP) is 4.86. The van der Waals surface area contributed by atoms with Gasteiger partial charge in [-0.3, -0.25) is 4.90 Å². The van der Waals surface area contributed by atoms with Crippen molar-refractivity contribution in [1.82, 2.24) is 9.80 Å². The molecule has 3 rings (SSSR count). The number of hydrogen-bond donors (Lipinski definition) is 0. The number of carbonyl (C=O) groups is 2. The lowest BCUT2D eigenvalue weighted by atomic mass is 9.84. The van der Waals surface area contributed by atoms with Crippen LogP contribution >= 0.6 is 0 Å². The smallest absolute Gasteiger partial charge is 0.417 e. The average molecular weight is 457 g/mol. The summed E-state index contributed by atoms with van der Waals surface area (Å²) in [6.07, 6.45) is -1.45. The van der Waals surface area contributed by atoms with E-state index in [2.05, 4.69) is 9.64 Å². The van der Waals surface area contributed by atoms with Crippen LogP contribution in [0.3, 0.4) is 0 Å². The van der Waals surface area contributed by atoms with Crippen molar-refractivity contribution in [2.24, 2.45) is 0 Å². The minimum atomic E-state index is -4.63.